The lowest BCUT2D eigenvalue weighted by Gasteiger charge is -2.23. The summed E-state index contributed by atoms with van der Waals surface area (Å²) >= 11 is 0. The van der Waals surface area contributed by atoms with Gasteiger partial charge in [-0.1, -0.05) is 6.07 Å². The summed E-state index contributed by atoms with van der Waals surface area (Å²) in [6.07, 6.45) is 4.11. The average Bonchev–Trinajstić information content (AvgIpc) is 2.78. The van der Waals surface area contributed by atoms with Gasteiger partial charge in [-0.25, -0.2) is 9.50 Å². The molecule has 1 atom stereocenters. The van der Waals surface area contributed by atoms with Crippen molar-refractivity contribution < 1.29 is 0 Å². The lowest BCUT2D eigenvalue weighted by molar-refractivity contribution is 0.449. The standard InChI is InChI=1S/C11H14N4/c1-4-10(9-3-2-6-12-7-9)15-11(5-1)13-8-14-15/h1,4-5,8-9,12H,2-3,6-7H2. The van der Waals surface area contributed by atoms with Crippen molar-refractivity contribution in [3.8, 4) is 0 Å². The van der Waals surface area contributed by atoms with Crippen LogP contribution in [0.1, 0.15) is 24.5 Å². The van der Waals surface area contributed by atoms with Gasteiger partial charge < -0.3 is 5.32 Å². The van der Waals surface area contributed by atoms with Crippen LogP contribution in [-0.4, -0.2) is 27.7 Å². The number of nitrogens with one attached hydrogen (secondary N) is 1. The van der Waals surface area contributed by atoms with Crippen molar-refractivity contribution in [2.45, 2.75) is 18.8 Å². The van der Waals surface area contributed by atoms with E-state index in [1.807, 2.05) is 10.6 Å². The molecule has 2 aromatic heterocycles. The molecule has 1 aliphatic rings. The van der Waals surface area contributed by atoms with E-state index in [0.717, 1.165) is 18.7 Å². The highest BCUT2D eigenvalue weighted by molar-refractivity contribution is 5.38. The van der Waals surface area contributed by atoms with Gasteiger partial charge in [-0.05, 0) is 31.5 Å². The molecule has 0 bridgehead atoms. The summed E-state index contributed by atoms with van der Waals surface area (Å²) in [4.78, 5) is 4.21. The van der Waals surface area contributed by atoms with Crippen LogP contribution < -0.4 is 5.32 Å². The van der Waals surface area contributed by atoms with Gasteiger partial charge >= 0.3 is 0 Å². The van der Waals surface area contributed by atoms with E-state index >= 15 is 0 Å². The topological polar surface area (TPSA) is 42.2 Å². The molecule has 2 aromatic rings. The monoisotopic (exact) mass is 202 g/mol. The Morgan fingerprint density at radius 3 is 3.27 bits per heavy atom. The van der Waals surface area contributed by atoms with Gasteiger partial charge in [0.1, 0.15) is 6.33 Å². The highest BCUT2D eigenvalue weighted by Gasteiger charge is 2.17. The summed E-state index contributed by atoms with van der Waals surface area (Å²) in [6.45, 7) is 2.20. The molecule has 0 saturated carbocycles. The first-order chi connectivity index (χ1) is 7.45. The Hall–Kier alpha value is -1.42. The van der Waals surface area contributed by atoms with E-state index < -0.39 is 0 Å². The Bertz CT molecular complexity index is 456. The van der Waals surface area contributed by atoms with Gasteiger partial charge in [0.15, 0.2) is 5.65 Å². The van der Waals surface area contributed by atoms with Crippen molar-refractivity contribution in [1.29, 1.82) is 0 Å². The fourth-order valence-electron chi connectivity index (χ4n) is 2.28. The maximum atomic E-state index is 4.27. The Balaban J connectivity index is 2.05. The number of aromatic nitrogens is 3. The van der Waals surface area contributed by atoms with Crippen LogP contribution in [0.2, 0.25) is 0 Å². The number of hydrogen-bond acceptors (Lipinski definition) is 3. The van der Waals surface area contributed by atoms with E-state index in [0.29, 0.717) is 5.92 Å². The van der Waals surface area contributed by atoms with Gasteiger partial charge in [0, 0.05) is 18.2 Å². The van der Waals surface area contributed by atoms with Crippen LogP contribution in [0.5, 0.6) is 0 Å². The fraction of sp³-hybridized carbons (Fsp3) is 0.455. The third kappa shape index (κ3) is 1.51. The molecule has 3 heterocycles. The zero-order valence-corrected chi connectivity index (χ0v) is 8.56. The highest BCUT2D eigenvalue weighted by atomic mass is 15.3. The number of piperidine rings is 1. The molecule has 78 valence electrons. The molecule has 0 spiro atoms. The van der Waals surface area contributed by atoms with Crippen LogP contribution in [-0.2, 0) is 0 Å². The number of fused-ring (bicyclic) bond motifs is 1. The third-order valence-electron chi connectivity index (χ3n) is 3.05. The molecule has 0 aliphatic carbocycles. The van der Waals surface area contributed by atoms with Gasteiger partial charge in [-0.3, -0.25) is 0 Å². The minimum absolute atomic E-state index is 0.573. The number of hydrogen-bond donors (Lipinski definition) is 1. The van der Waals surface area contributed by atoms with E-state index in [-0.39, 0.29) is 0 Å². The smallest absolute Gasteiger partial charge is 0.155 e. The first-order valence-corrected chi connectivity index (χ1v) is 5.44. The summed E-state index contributed by atoms with van der Waals surface area (Å²) in [5.41, 5.74) is 2.22. The van der Waals surface area contributed by atoms with Crippen molar-refractivity contribution in [2.24, 2.45) is 0 Å². The Morgan fingerprint density at radius 1 is 1.40 bits per heavy atom. The van der Waals surface area contributed by atoms with Crippen molar-refractivity contribution in [3.63, 3.8) is 0 Å². The van der Waals surface area contributed by atoms with Crippen LogP contribution in [0, 0.1) is 0 Å². The molecule has 1 aliphatic heterocycles. The van der Waals surface area contributed by atoms with Gasteiger partial charge in [0.25, 0.3) is 0 Å². The SMILES string of the molecule is c1cc(C2CCCNC2)n2ncnc2c1. The predicted octanol–water partition coefficient (Wildman–Crippen LogP) is 1.20. The van der Waals surface area contributed by atoms with Gasteiger partial charge in [0.05, 0.1) is 0 Å². The molecular formula is C11H14N4. The summed E-state index contributed by atoms with van der Waals surface area (Å²) in [7, 11) is 0. The Labute approximate surface area is 88.3 Å². The molecule has 1 fully saturated rings. The summed E-state index contributed by atoms with van der Waals surface area (Å²) in [5.74, 6) is 0.573. The van der Waals surface area contributed by atoms with Crippen molar-refractivity contribution in [1.82, 2.24) is 19.9 Å². The zero-order valence-electron chi connectivity index (χ0n) is 8.56. The summed E-state index contributed by atoms with van der Waals surface area (Å²) in [5, 5.41) is 7.70. The van der Waals surface area contributed by atoms with Crippen molar-refractivity contribution in [3.05, 3.63) is 30.2 Å². The number of rotatable bonds is 1. The van der Waals surface area contributed by atoms with Gasteiger partial charge in [-0.2, -0.15) is 5.10 Å². The van der Waals surface area contributed by atoms with Gasteiger partial charge in [0.2, 0.25) is 0 Å². The lowest BCUT2D eigenvalue weighted by atomic mass is 9.96. The largest absolute Gasteiger partial charge is 0.316 e. The molecule has 0 amide bonds. The fourth-order valence-corrected chi connectivity index (χ4v) is 2.28. The average molecular weight is 202 g/mol. The molecular weight excluding hydrogens is 188 g/mol. The molecule has 0 radical (unpaired) electrons. The van der Waals surface area contributed by atoms with Gasteiger partial charge in [-0.15, -0.1) is 0 Å². The van der Waals surface area contributed by atoms with Crippen molar-refractivity contribution >= 4 is 5.65 Å². The first-order valence-electron chi connectivity index (χ1n) is 5.44. The Kier molecular flexibility index (Phi) is 2.14. The molecule has 4 nitrogen and oxygen atoms in total. The van der Waals surface area contributed by atoms with E-state index in [9.17, 15) is 0 Å². The third-order valence-corrected chi connectivity index (χ3v) is 3.05. The van der Waals surface area contributed by atoms with Crippen LogP contribution in [0.25, 0.3) is 5.65 Å². The summed E-state index contributed by atoms with van der Waals surface area (Å²) in [6, 6.07) is 6.21. The second-order valence-corrected chi connectivity index (χ2v) is 4.02. The normalized spacial score (nSPS) is 22.0. The van der Waals surface area contributed by atoms with E-state index in [1.165, 1.54) is 18.5 Å². The molecule has 1 saturated heterocycles. The van der Waals surface area contributed by atoms with E-state index in [2.05, 4.69) is 27.5 Å². The van der Waals surface area contributed by atoms with Crippen LogP contribution in [0.15, 0.2) is 24.5 Å². The number of pyridine rings is 1. The van der Waals surface area contributed by atoms with Crippen LogP contribution in [0.3, 0.4) is 0 Å². The lowest BCUT2D eigenvalue weighted by Crippen LogP contribution is -2.29. The first kappa shape index (κ1) is 8.85. The second kappa shape index (κ2) is 3.62. The zero-order chi connectivity index (χ0) is 10.1. The molecule has 15 heavy (non-hydrogen) atoms. The van der Waals surface area contributed by atoms with Crippen LogP contribution >= 0.6 is 0 Å². The number of nitrogens with zero attached hydrogens (tertiary/aromatic N) is 3. The molecule has 1 unspecified atom stereocenters. The molecule has 4 heteroatoms. The maximum absolute atomic E-state index is 4.27. The second-order valence-electron chi connectivity index (χ2n) is 4.02. The Morgan fingerprint density at radius 2 is 2.40 bits per heavy atom. The molecule has 3 rings (SSSR count). The highest BCUT2D eigenvalue weighted by Crippen LogP contribution is 2.22. The maximum Gasteiger partial charge on any atom is 0.155 e. The minimum Gasteiger partial charge on any atom is -0.316 e. The molecule has 1 N–H and O–H groups in total. The molecule has 0 aromatic carbocycles. The summed E-state index contributed by atoms with van der Waals surface area (Å²) < 4.78 is 1.96. The predicted molar refractivity (Wildman–Crippen MR) is 57.8 cm³/mol. The quantitative estimate of drug-likeness (QED) is 0.755. The van der Waals surface area contributed by atoms with E-state index in [4.69, 9.17) is 0 Å². The van der Waals surface area contributed by atoms with Crippen LogP contribution in [0.4, 0.5) is 0 Å². The van der Waals surface area contributed by atoms with E-state index in [1.54, 1.807) is 6.33 Å². The van der Waals surface area contributed by atoms with Crippen molar-refractivity contribution in [2.75, 3.05) is 13.1 Å². The minimum atomic E-state index is 0.573.